The van der Waals surface area contributed by atoms with Crippen LogP contribution in [-0.2, 0) is 24.9 Å². The molecule has 0 aliphatic carbocycles. The number of carbonyl (C=O) groups is 1. The molecule has 0 spiro atoms. The number of hydrogen-bond donors (Lipinski definition) is 1. The van der Waals surface area contributed by atoms with Crippen LogP contribution in [0.15, 0.2) is 54.7 Å². The van der Waals surface area contributed by atoms with Gasteiger partial charge in [-0.1, -0.05) is 74.8 Å². The summed E-state index contributed by atoms with van der Waals surface area (Å²) in [5.41, 5.74) is 3.78. The van der Waals surface area contributed by atoms with E-state index in [0.717, 1.165) is 34.0 Å². The Hall–Kier alpha value is -2.36. The van der Waals surface area contributed by atoms with Gasteiger partial charge in [0.1, 0.15) is 5.76 Å². The first-order valence-corrected chi connectivity index (χ1v) is 11.9. The summed E-state index contributed by atoms with van der Waals surface area (Å²) in [6.45, 7) is 17.7. The molecule has 3 rings (SSSR count). The van der Waals surface area contributed by atoms with Gasteiger partial charge in [0.15, 0.2) is 5.78 Å². The predicted molar refractivity (Wildman–Crippen MR) is 142 cm³/mol. The molecule has 5 heteroatoms. The van der Waals surface area contributed by atoms with Crippen molar-refractivity contribution in [2.24, 2.45) is 10.8 Å². The molecule has 1 aromatic carbocycles. The molecular weight excluding hydrogens is 613 g/mol. The van der Waals surface area contributed by atoms with Gasteiger partial charge in [0.05, 0.1) is 0 Å². The summed E-state index contributed by atoms with van der Waals surface area (Å²) in [5, 5.41) is 11.8. The number of aromatic nitrogens is 2. The monoisotopic (exact) mass is 652 g/mol. The average molecular weight is 652 g/mol. The predicted octanol–water partition coefficient (Wildman–Crippen LogP) is 8.01. The van der Waals surface area contributed by atoms with Crippen LogP contribution in [0.4, 0.5) is 0 Å². The third-order valence-electron chi connectivity index (χ3n) is 5.78. The molecule has 0 saturated heterocycles. The second-order valence-corrected chi connectivity index (χ2v) is 11.0. The third-order valence-corrected chi connectivity index (χ3v) is 5.78. The number of benzene rings is 1. The van der Waals surface area contributed by atoms with Crippen molar-refractivity contribution in [3.8, 4) is 11.3 Å². The van der Waals surface area contributed by atoms with E-state index >= 15 is 0 Å². The number of aryl methyl sites for hydroxylation is 1. The summed E-state index contributed by atoms with van der Waals surface area (Å²) in [4.78, 5) is 20.3. The average Bonchev–Trinajstić information content (AvgIpc) is 2.76. The van der Waals surface area contributed by atoms with Crippen LogP contribution >= 0.6 is 0 Å². The first-order chi connectivity index (χ1) is 15.7. The Kier molecular flexibility index (Phi) is 11.0. The summed E-state index contributed by atoms with van der Waals surface area (Å²) < 4.78 is 0. The third kappa shape index (κ3) is 8.98. The topological polar surface area (TPSA) is 63.1 Å². The molecule has 4 nitrogen and oxygen atoms in total. The molecule has 191 valence electrons. The molecule has 3 aromatic rings. The number of rotatable bonds is 4. The zero-order chi connectivity index (χ0) is 25.7. The van der Waals surface area contributed by atoms with Gasteiger partial charge in [-0.3, -0.25) is 9.78 Å². The first kappa shape index (κ1) is 30.7. The summed E-state index contributed by atoms with van der Waals surface area (Å²) in [6, 6.07) is 11.9. The second kappa shape index (κ2) is 12.6. The van der Waals surface area contributed by atoms with Crippen LogP contribution < -0.4 is 0 Å². The number of fused-ring (bicyclic) bond motifs is 1. The van der Waals surface area contributed by atoms with Gasteiger partial charge in [0, 0.05) is 61.0 Å². The molecule has 0 aliphatic rings. The summed E-state index contributed by atoms with van der Waals surface area (Å²) in [5.74, 6) is 0.659. The standard InChI is InChI=1S/C19H19N2.C11H20O2.Ir/c1-4-14(3)16-7-13(2)8-17(9-16)19-10-18-11-20-6-5-15(18)12-21-19;1-10(2,3)8(12)7-9(13)11(4,5)6;/h5-7,9-12,14H,4H2,1-3H3;7,12H,1-6H3;/q-1;;/b;8-7-;. The number of nitrogens with zero attached hydrogens (tertiary/aromatic N) is 2. The van der Waals surface area contributed by atoms with Gasteiger partial charge in [-0.2, -0.15) is 0 Å². The van der Waals surface area contributed by atoms with Gasteiger partial charge in [0.25, 0.3) is 0 Å². The van der Waals surface area contributed by atoms with Crippen LogP contribution in [0.2, 0.25) is 0 Å². The number of aliphatic hydroxyl groups excluding tert-OH is 1. The molecule has 0 aliphatic heterocycles. The number of pyridine rings is 2. The van der Waals surface area contributed by atoms with E-state index in [1.54, 1.807) is 6.20 Å². The number of hydrogen-bond acceptors (Lipinski definition) is 4. The van der Waals surface area contributed by atoms with Crippen LogP contribution in [-0.4, -0.2) is 20.9 Å². The van der Waals surface area contributed by atoms with Crippen LogP contribution in [0.1, 0.15) is 78.9 Å². The van der Waals surface area contributed by atoms with E-state index in [1.807, 2.05) is 60.0 Å². The largest absolute Gasteiger partial charge is 0.512 e. The van der Waals surface area contributed by atoms with Gasteiger partial charge >= 0.3 is 0 Å². The molecule has 1 N–H and O–H groups in total. The van der Waals surface area contributed by atoms with Crippen LogP contribution in [0.5, 0.6) is 0 Å². The molecule has 0 saturated carbocycles. The molecule has 0 amide bonds. The fraction of sp³-hybridized carbons (Fsp3) is 0.433. The molecular formula is C30H39IrN2O2-. The molecule has 2 aromatic heterocycles. The number of carbonyl (C=O) groups excluding carboxylic acids is 1. The van der Waals surface area contributed by atoms with Crippen molar-refractivity contribution >= 4 is 16.6 Å². The van der Waals surface area contributed by atoms with Crippen molar-refractivity contribution in [3.63, 3.8) is 0 Å². The van der Waals surface area contributed by atoms with E-state index in [-0.39, 0.29) is 37.1 Å². The summed E-state index contributed by atoms with van der Waals surface area (Å²) in [6.07, 6.45) is 8.05. The molecule has 0 bridgehead atoms. The zero-order valence-corrected chi connectivity index (χ0v) is 24.9. The molecule has 2 heterocycles. The Labute approximate surface area is 224 Å². The van der Waals surface area contributed by atoms with Crippen LogP contribution in [0.3, 0.4) is 0 Å². The summed E-state index contributed by atoms with van der Waals surface area (Å²) >= 11 is 0. The fourth-order valence-electron chi connectivity index (χ4n) is 3.08. The van der Waals surface area contributed by atoms with E-state index in [1.165, 1.54) is 11.6 Å². The Bertz CT molecular complexity index is 1170. The zero-order valence-electron chi connectivity index (χ0n) is 22.5. The quantitative estimate of drug-likeness (QED) is 0.176. The maximum atomic E-state index is 11.5. The molecule has 0 fully saturated rings. The SMILES string of the molecule is CC(C)(C)C(=O)/C=C(\O)C(C)(C)C.CCC(C)c1cc(C)[c-]c(-c2cc3cnccc3cn2)c1.[Ir]. The maximum Gasteiger partial charge on any atom is 0.164 e. The van der Waals surface area contributed by atoms with Crippen molar-refractivity contribution in [2.45, 2.75) is 74.7 Å². The number of aliphatic hydroxyl groups is 1. The van der Waals surface area contributed by atoms with E-state index in [9.17, 15) is 9.90 Å². The van der Waals surface area contributed by atoms with E-state index in [2.05, 4.69) is 55.0 Å². The van der Waals surface area contributed by atoms with Gasteiger partial charge in [-0.15, -0.1) is 34.9 Å². The minimum absolute atomic E-state index is 0. The smallest absolute Gasteiger partial charge is 0.164 e. The minimum atomic E-state index is -0.417. The number of ketones is 1. The van der Waals surface area contributed by atoms with Gasteiger partial charge in [-0.05, 0) is 23.1 Å². The molecule has 1 radical (unpaired) electrons. The van der Waals surface area contributed by atoms with Crippen LogP contribution in [0.25, 0.3) is 22.0 Å². The molecule has 1 unspecified atom stereocenters. The first-order valence-electron chi connectivity index (χ1n) is 11.9. The Morgan fingerprint density at radius 3 is 2.29 bits per heavy atom. The van der Waals surface area contributed by atoms with Crippen molar-refractivity contribution in [2.75, 3.05) is 0 Å². The van der Waals surface area contributed by atoms with Gasteiger partial charge in [-0.25, -0.2) is 0 Å². The van der Waals surface area contributed by atoms with Crippen molar-refractivity contribution in [1.82, 2.24) is 9.97 Å². The van der Waals surface area contributed by atoms with E-state index in [0.29, 0.717) is 5.92 Å². The second-order valence-electron chi connectivity index (χ2n) is 11.0. The Morgan fingerprint density at radius 1 is 1.06 bits per heavy atom. The Balaban J connectivity index is 0.000000383. The summed E-state index contributed by atoms with van der Waals surface area (Å²) in [7, 11) is 0. The maximum absolute atomic E-state index is 11.5. The van der Waals surface area contributed by atoms with Gasteiger partial charge in [0.2, 0.25) is 0 Å². The minimum Gasteiger partial charge on any atom is -0.512 e. The van der Waals surface area contributed by atoms with Crippen molar-refractivity contribution in [1.29, 1.82) is 0 Å². The number of allylic oxidation sites excluding steroid dienone is 2. The van der Waals surface area contributed by atoms with E-state index < -0.39 is 5.41 Å². The molecule has 1 atom stereocenters. The van der Waals surface area contributed by atoms with E-state index in [4.69, 9.17) is 0 Å². The normalized spacial score (nSPS) is 12.9. The Morgan fingerprint density at radius 2 is 1.71 bits per heavy atom. The molecule has 35 heavy (non-hydrogen) atoms. The van der Waals surface area contributed by atoms with Crippen molar-refractivity contribution < 1.29 is 30.0 Å². The fourth-order valence-corrected chi connectivity index (χ4v) is 3.08. The van der Waals surface area contributed by atoms with Gasteiger partial charge < -0.3 is 10.1 Å². The van der Waals surface area contributed by atoms with Crippen LogP contribution in [0, 0.1) is 23.8 Å². The van der Waals surface area contributed by atoms with Crippen molar-refractivity contribution in [3.05, 3.63) is 71.9 Å².